The third-order valence-electron chi connectivity index (χ3n) is 3.72. The first-order valence-corrected chi connectivity index (χ1v) is 7.88. The van der Waals surface area contributed by atoms with E-state index in [2.05, 4.69) is 30.6 Å². The van der Waals surface area contributed by atoms with Gasteiger partial charge in [0.1, 0.15) is 6.33 Å². The van der Waals surface area contributed by atoms with Crippen LogP contribution in [-0.4, -0.2) is 38.1 Å². The van der Waals surface area contributed by atoms with Crippen molar-refractivity contribution in [1.82, 2.24) is 24.7 Å². The number of anilines is 1. The molecule has 4 rings (SSSR count). The average molecular weight is 345 g/mol. The first kappa shape index (κ1) is 15.7. The molecule has 1 N–H and O–H groups in total. The van der Waals surface area contributed by atoms with E-state index < -0.39 is 0 Å². The normalized spacial score (nSPS) is 11.1. The molecule has 0 spiro atoms. The summed E-state index contributed by atoms with van der Waals surface area (Å²) >= 11 is 0. The Labute approximate surface area is 149 Å². The largest absolute Gasteiger partial charge is 0.481 e. The summed E-state index contributed by atoms with van der Waals surface area (Å²) in [5.74, 6) is 1.14. The summed E-state index contributed by atoms with van der Waals surface area (Å²) in [5, 5.41) is 9.41. The molecule has 0 aliphatic heterocycles. The van der Waals surface area contributed by atoms with Gasteiger partial charge in [-0.1, -0.05) is 18.2 Å². The fourth-order valence-corrected chi connectivity index (χ4v) is 2.45. The second kappa shape index (κ2) is 6.98. The molecule has 0 aliphatic carbocycles. The van der Waals surface area contributed by atoms with E-state index >= 15 is 0 Å². The standard InChI is InChI=1S/C18H15N7O/c1-26-16-8-7-13(9-19-16)10-22-24-17-15-11-23-25(18(15)21-12-20-17)14-5-3-2-4-6-14/h2-12H,1H3,(H,20,21,24). The topological polar surface area (TPSA) is 90.1 Å². The molecule has 0 unspecified atom stereocenters. The first-order chi connectivity index (χ1) is 12.8. The SMILES string of the molecule is COc1ccc(C=NNc2ncnc3c2cnn3-c2ccccc2)cn1. The number of fused-ring (bicyclic) bond motifs is 1. The van der Waals surface area contributed by atoms with Crippen LogP contribution in [0.3, 0.4) is 0 Å². The summed E-state index contributed by atoms with van der Waals surface area (Å²) in [5.41, 5.74) is 5.41. The van der Waals surface area contributed by atoms with Crippen molar-refractivity contribution in [2.45, 2.75) is 0 Å². The number of hydrogen-bond acceptors (Lipinski definition) is 7. The predicted molar refractivity (Wildman–Crippen MR) is 98.7 cm³/mol. The van der Waals surface area contributed by atoms with Gasteiger partial charge in [0, 0.05) is 17.8 Å². The molecule has 26 heavy (non-hydrogen) atoms. The number of methoxy groups -OCH3 is 1. The Hall–Kier alpha value is -3.81. The molecule has 0 atom stereocenters. The first-order valence-electron chi connectivity index (χ1n) is 7.88. The number of hydrazone groups is 1. The van der Waals surface area contributed by atoms with Crippen LogP contribution in [-0.2, 0) is 0 Å². The predicted octanol–water partition coefficient (Wildman–Crippen LogP) is 2.67. The van der Waals surface area contributed by atoms with E-state index in [4.69, 9.17) is 4.74 Å². The minimum atomic E-state index is 0.556. The van der Waals surface area contributed by atoms with Gasteiger partial charge >= 0.3 is 0 Å². The molecule has 4 aromatic rings. The molecule has 0 saturated heterocycles. The van der Waals surface area contributed by atoms with E-state index in [9.17, 15) is 0 Å². The summed E-state index contributed by atoms with van der Waals surface area (Å²) in [6.07, 6.45) is 6.53. The molecular formula is C18H15N7O. The van der Waals surface area contributed by atoms with Crippen LogP contribution < -0.4 is 10.2 Å². The van der Waals surface area contributed by atoms with E-state index in [-0.39, 0.29) is 0 Å². The molecule has 8 heteroatoms. The number of aromatic nitrogens is 5. The van der Waals surface area contributed by atoms with Crippen LogP contribution in [0.15, 0.2) is 66.3 Å². The lowest BCUT2D eigenvalue weighted by Gasteiger charge is -2.03. The smallest absolute Gasteiger partial charge is 0.212 e. The summed E-state index contributed by atoms with van der Waals surface area (Å²) < 4.78 is 6.80. The van der Waals surface area contributed by atoms with Crippen molar-refractivity contribution in [1.29, 1.82) is 0 Å². The second-order valence-electron chi connectivity index (χ2n) is 5.36. The van der Waals surface area contributed by atoms with Crippen molar-refractivity contribution < 1.29 is 4.74 Å². The van der Waals surface area contributed by atoms with Gasteiger partial charge < -0.3 is 4.74 Å². The van der Waals surface area contributed by atoms with Crippen molar-refractivity contribution in [3.63, 3.8) is 0 Å². The maximum atomic E-state index is 5.03. The molecule has 0 fully saturated rings. The van der Waals surface area contributed by atoms with Gasteiger partial charge in [-0.25, -0.2) is 19.6 Å². The van der Waals surface area contributed by atoms with Gasteiger partial charge in [0.2, 0.25) is 5.88 Å². The van der Waals surface area contributed by atoms with Crippen LogP contribution >= 0.6 is 0 Å². The van der Waals surface area contributed by atoms with Crippen molar-refractivity contribution in [3.8, 4) is 11.6 Å². The Kier molecular flexibility index (Phi) is 4.21. The molecule has 0 aliphatic rings. The highest BCUT2D eigenvalue weighted by Crippen LogP contribution is 2.21. The number of rotatable bonds is 5. The van der Waals surface area contributed by atoms with Crippen molar-refractivity contribution >= 4 is 23.1 Å². The van der Waals surface area contributed by atoms with Gasteiger partial charge in [-0.3, -0.25) is 5.43 Å². The number of ether oxygens (including phenoxy) is 1. The number of nitrogens with zero attached hydrogens (tertiary/aromatic N) is 6. The van der Waals surface area contributed by atoms with Crippen molar-refractivity contribution in [2.75, 3.05) is 12.5 Å². The molecule has 0 amide bonds. The lowest BCUT2D eigenvalue weighted by atomic mass is 10.3. The minimum Gasteiger partial charge on any atom is -0.481 e. The summed E-state index contributed by atoms with van der Waals surface area (Å²) in [7, 11) is 1.58. The number of hydrogen-bond donors (Lipinski definition) is 1. The van der Waals surface area contributed by atoms with E-state index in [1.165, 1.54) is 6.33 Å². The Morgan fingerprint density at radius 3 is 2.69 bits per heavy atom. The summed E-state index contributed by atoms with van der Waals surface area (Å²) in [6.45, 7) is 0. The Morgan fingerprint density at radius 1 is 1.04 bits per heavy atom. The quantitative estimate of drug-likeness (QED) is 0.442. The van der Waals surface area contributed by atoms with Crippen LogP contribution in [0.25, 0.3) is 16.7 Å². The summed E-state index contributed by atoms with van der Waals surface area (Å²) in [4.78, 5) is 12.7. The van der Waals surface area contributed by atoms with Crippen molar-refractivity contribution in [2.24, 2.45) is 5.10 Å². The third-order valence-corrected chi connectivity index (χ3v) is 3.72. The highest BCUT2D eigenvalue weighted by Gasteiger charge is 2.10. The van der Waals surface area contributed by atoms with E-state index in [0.717, 1.165) is 16.6 Å². The van der Waals surface area contributed by atoms with Crippen LogP contribution in [0.2, 0.25) is 0 Å². The van der Waals surface area contributed by atoms with Gasteiger partial charge in [-0.15, -0.1) is 0 Å². The molecule has 3 aromatic heterocycles. The molecule has 8 nitrogen and oxygen atoms in total. The van der Waals surface area contributed by atoms with E-state index in [0.29, 0.717) is 17.3 Å². The monoisotopic (exact) mass is 345 g/mol. The average Bonchev–Trinajstić information content (AvgIpc) is 3.14. The molecule has 0 saturated carbocycles. The number of pyridine rings is 1. The maximum Gasteiger partial charge on any atom is 0.212 e. The van der Waals surface area contributed by atoms with Crippen LogP contribution in [0.1, 0.15) is 5.56 Å². The Morgan fingerprint density at radius 2 is 1.92 bits per heavy atom. The number of nitrogens with one attached hydrogen (secondary N) is 1. The third kappa shape index (κ3) is 3.07. The number of benzene rings is 1. The van der Waals surface area contributed by atoms with Gasteiger partial charge in [0.05, 0.1) is 30.6 Å². The molecule has 0 bridgehead atoms. The molecule has 1 aromatic carbocycles. The fraction of sp³-hybridized carbons (Fsp3) is 0.0556. The van der Waals surface area contributed by atoms with E-state index in [1.54, 1.807) is 36.5 Å². The highest BCUT2D eigenvalue weighted by atomic mass is 16.5. The van der Waals surface area contributed by atoms with Gasteiger partial charge in [0.25, 0.3) is 0 Å². The molecular weight excluding hydrogens is 330 g/mol. The van der Waals surface area contributed by atoms with Gasteiger partial charge in [-0.2, -0.15) is 10.2 Å². The Balaban J connectivity index is 1.59. The molecule has 128 valence electrons. The number of para-hydroxylation sites is 1. The van der Waals surface area contributed by atoms with E-state index in [1.807, 2.05) is 36.4 Å². The highest BCUT2D eigenvalue weighted by molar-refractivity contribution is 5.88. The van der Waals surface area contributed by atoms with Gasteiger partial charge in [0.15, 0.2) is 11.5 Å². The Bertz CT molecular complexity index is 1040. The van der Waals surface area contributed by atoms with Crippen LogP contribution in [0.5, 0.6) is 5.88 Å². The zero-order valence-electron chi connectivity index (χ0n) is 13.9. The zero-order valence-corrected chi connectivity index (χ0v) is 13.9. The molecule has 3 heterocycles. The van der Waals surface area contributed by atoms with Crippen LogP contribution in [0.4, 0.5) is 5.82 Å². The lowest BCUT2D eigenvalue weighted by molar-refractivity contribution is 0.398. The lowest BCUT2D eigenvalue weighted by Crippen LogP contribution is -1.99. The maximum absolute atomic E-state index is 5.03. The zero-order chi connectivity index (χ0) is 17.8. The minimum absolute atomic E-state index is 0.556. The fourth-order valence-electron chi connectivity index (χ4n) is 2.45. The molecule has 0 radical (unpaired) electrons. The second-order valence-corrected chi connectivity index (χ2v) is 5.36. The summed E-state index contributed by atoms with van der Waals surface area (Å²) in [6, 6.07) is 13.4. The van der Waals surface area contributed by atoms with Gasteiger partial charge in [-0.05, 0) is 18.2 Å². The van der Waals surface area contributed by atoms with Crippen molar-refractivity contribution in [3.05, 3.63) is 66.7 Å². The van der Waals surface area contributed by atoms with Crippen LogP contribution in [0, 0.1) is 0 Å².